The summed E-state index contributed by atoms with van der Waals surface area (Å²) in [5, 5.41) is 12.1. The normalized spacial score (nSPS) is 16.9. The van der Waals surface area contributed by atoms with Crippen LogP contribution in [0, 0.1) is 11.3 Å². The van der Waals surface area contributed by atoms with Crippen molar-refractivity contribution in [1.82, 2.24) is 14.9 Å². The molecule has 0 unspecified atom stereocenters. The molecule has 2 rings (SSSR count). The lowest BCUT2D eigenvalue weighted by atomic mass is 10.1. The minimum absolute atomic E-state index is 0.324. The largest absolute Gasteiger partial charge is 0.367 e. The van der Waals surface area contributed by atoms with Crippen molar-refractivity contribution in [1.29, 1.82) is 5.26 Å². The molecule has 0 amide bonds. The summed E-state index contributed by atoms with van der Waals surface area (Å²) in [6.07, 6.45) is 3.80. The lowest BCUT2D eigenvalue weighted by Gasteiger charge is -2.29. The number of nitrogens with zero attached hydrogens (tertiary/aromatic N) is 5. The van der Waals surface area contributed by atoms with Crippen LogP contribution in [0.25, 0.3) is 0 Å². The average molecular weight is 260 g/mol. The van der Waals surface area contributed by atoms with Crippen LogP contribution in [-0.2, 0) is 0 Å². The first kappa shape index (κ1) is 13.6. The minimum Gasteiger partial charge on any atom is -0.367 e. The maximum absolute atomic E-state index is 8.70. The molecule has 19 heavy (non-hydrogen) atoms. The summed E-state index contributed by atoms with van der Waals surface area (Å²) < 4.78 is 0. The first-order valence-corrected chi connectivity index (χ1v) is 6.54. The van der Waals surface area contributed by atoms with Gasteiger partial charge in [0.05, 0.1) is 6.07 Å². The molecule has 102 valence electrons. The highest BCUT2D eigenvalue weighted by Crippen LogP contribution is 2.17. The molecule has 0 aromatic carbocycles. The van der Waals surface area contributed by atoms with Gasteiger partial charge in [-0.1, -0.05) is 0 Å². The molecule has 1 saturated heterocycles. The Morgan fingerprint density at radius 1 is 1.47 bits per heavy atom. The van der Waals surface area contributed by atoms with Crippen LogP contribution in [0.3, 0.4) is 0 Å². The molecule has 1 aliphatic rings. The third kappa shape index (κ3) is 3.80. The van der Waals surface area contributed by atoms with Crippen LogP contribution in [0.2, 0.25) is 0 Å². The smallest absolute Gasteiger partial charge is 0.134 e. The number of nitriles is 1. The van der Waals surface area contributed by atoms with E-state index in [0.29, 0.717) is 12.6 Å². The van der Waals surface area contributed by atoms with E-state index in [4.69, 9.17) is 5.26 Å². The molecule has 0 bridgehead atoms. The highest BCUT2D eigenvalue weighted by atomic mass is 15.2. The van der Waals surface area contributed by atoms with E-state index in [-0.39, 0.29) is 0 Å². The van der Waals surface area contributed by atoms with Crippen molar-refractivity contribution in [2.75, 3.05) is 43.9 Å². The van der Waals surface area contributed by atoms with E-state index < -0.39 is 0 Å². The van der Waals surface area contributed by atoms with Crippen LogP contribution >= 0.6 is 0 Å². The Balaban J connectivity index is 1.97. The predicted octanol–water partition coefficient (Wildman–Crippen LogP) is 0.942. The number of likely N-dealkylation sites (tertiary alicyclic amines) is 1. The van der Waals surface area contributed by atoms with Crippen molar-refractivity contribution in [3.05, 3.63) is 12.4 Å². The van der Waals surface area contributed by atoms with Gasteiger partial charge >= 0.3 is 0 Å². The van der Waals surface area contributed by atoms with Gasteiger partial charge in [-0.3, -0.25) is 0 Å². The second-order valence-electron chi connectivity index (χ2n) is 5.00. The van der Waals surface area contributed by atoms with Gasteiger partial charge in [0.15, 0.2) is 0 Å². The minimum atomic E-state index is 0.324. The molecule has 0 radical (unpaired) electrons. The fraction of sp³-hybridized carbons (Fsp3) is 0.615. The van der Waals surface area contributed by atoms with E-state index in [1.807, 2.05) is 18.0 Å². The summed E-state index contributed by atoms with van der Waals surface area (Å²) >= 11 is 0. The van der Waals surface area contributed by atoms with Crippen molar-refractivity contribution >= 4 is 11.6 Å². The van der Waals surface area contributed by atoms with E-state index in [9.17, 15) is 0 Å². The summed E-state index contributed by atoms with van der Waals surface area (Å²) in [6.45, 7) is 2.55. The lowest BCUT2D eigenvalue weighted by Crippen LogP contribution is -2.36. The van der Waals surface area contributed by atoms with Crippen LogP contribution in [0.5, 0.6) is 0 Å². The Labute approximate surface area is 114 Å². The second kappa shape index (κ2) is 6.34. The molecule has 6 nitrogen and oxygen atoms in total. The monoisotopic (exact) mass is 260 g/mol. The van der Waals surface area contributed by atoms with Gasteiger partial charge in [0.25, 0.3) is 0 Å². The van der Waals surface area contributed by atoms with E-state index in [1.54, 1.807) is 6.33 Å². The molecule has 0 saturated carbocycles. The molecule has 0 atom stereocenters. The zero-order chi connectivity index (χ0) is 13.7. The van der Waals surface area contributed by atoms with E-state index in [0.717, 1.165) is 37.6 Å². The van der Waals surface area contributed by atoms with Gasteiger partial charge in [0.1, 0.15) is 24.5 Å². The summed E-state index contributed by atoms with van der Waals surface area (Å²) in [4.78, 5) is 12.6. The number of rotatable bonds is 4. The Kier molecular flexibility index (Phi) is 4.53. The van der Waals surface area contributed by atoms with E-state index >= 15 is 0 Å². The van der Waals surface area contributed by atoms with Gasteiger partial charge in [-0.2, -0.15) is 5.26 Å². The third-order valence-corrected chi connectivity index (χ3v) is 3.42. The van der Waals surface area contributed by atoms with Gasteiger partial charge in [-0.25, -0.2) is 9.97 Å². The molecular weight excluding hydrogens is 240 g/mol. The van der Waals surface area contributed by atoms with Gasteiger partial charge in [0.2, 0.25) is 0 Å². The first-order chi connectivity index (χ1) is 9.19. The Morgan fingerprint density at radius 3 is 2.89 bits per heavy atom. The quantitative estimate of drug-likeness (QED) is 0.813. The maximum atomic E-state index is 8.70. The first-order valence-electron chi connectivity index (χ1n) is 6.54. The van der Waals surface area contributed by atoms with Crippen LogP contribution in [-0.4, -0.2) is 54.6 Å². The van der Waals surface area contributed by atoms with Gasteiger partial charge in [-0.05, 0) is 33.0 Å². The number of hydrogen-bond donors (Lipinski definition) is 1. The average Bonchev–Trinajstić information content (AvgIpc) is 2.42. The standard InChI is InChI=1S/C13H20N6/c1-18-6-3-11(4-7-18)17-12-9-13(16-10-15-12)19(2)8-5-14/h9-11H,3-4,6-8H2,1-2H3,(H,15,16,17). The second-order valence-corrected chi connectivity index (χ2v) is 5.00. The van der Waals surface area contributed by atoms with Crippen LogP contribution in [0.1, 0.15) is 12.8 Å². The van der Waals surface area contributed by atoms with Crippen molar-refractivity contribution in [3.8, 4) is 6.07 Å². The summed E-state index contributed by atoms with van der Waals surface area (Å²) in [7, 11) is 4.00. The Hall–Kier alpha value is -1.87. The molecule has 1 fully saturated rings. The summed E-state index contributed by atoms with van der Waals surface area (Å²) in [5.74, 6) is 1.61. The number of anilines is 2. The lowest BCUT2D eigenvalue weighted by molar-refractivity contribution is 0.263. The van der Waals surface area contributed by atoms with Crippen LogP contribution < -0.4 is 10.2 Å². The predicted molar refractivity (Wildman–Crippen MR) is 75.1 cm³/mol. The van der Waals surface area contributed by atoms with E-state index in [2.05, 4.69) is 33.3 Å². The molecule has 1 aromatic heterocycles. The molecule has 6 heteroatoms. The van der Waals surface area contributed by atoms with Gasteiger partial charge in [-0.15, -0.1) is 0 Å². The fourth-order valence-electron chi connectivity index (χ4n) is 2.18. The van der Waals surface area contributed by atoms with Crippen molar-refractivity contribution < 1.29 is 0 Å². The van der Waals surface area contributed by atoms with Crippen LogP contribution in [0.4, 0.5) is 11.6 Å². The number of hydrogen-bond acceptors (Lipinski definition) is 6. The zero-order valence-corrected chi connectivity index (χ0v) is 11.5. The molecule has 0 spiro atoms. The maximum Gasteiger partial charge on any atom is 0.134 e. The molecule has 1 N–H and O–H groups in total. The molecule has 1 aromatic rings. The van der Waals surface area contributed by atoms with Gasteiger partial charge < -0.3 is 15.1 Å². The molecule has 0 aliphatic carbocycles. The SMILES string of the molecule is CN1CCC(Nc2cc(N(C)CC#N)ncn2)CC1. The molecule has 1 aliphatic heterocycles. The highest BCUT2D eigenvalue weighted by Gasteiger charge is 2.17. The Bertz CT molecular complexity index is 447. The molecule has 2 heterocycles. The van der Waals surface area contributed by atoms with Crippen LogP contribution in [0.15, 0.2) is 12.4 Å². The van der Waals surface area contributed by atoms with Gasteiger partial charge in [0, 0.05) is 19.2 Å². The number of aromatic nitrogens is 2. The number of piperidine rings is 1. The summed E-state index contributed by atoms with van der Waals surface area (Å²) in [6, 6.07) is 4.48. The Morgan fingerprint density at radius 2 is 2.21 bits per heavy atom. The number of nitrogens with one attached hydrogen (secondary N) is 1. The van der Waals surface area contributed by atoms with Crippen molar-refractivity contribution in [2.45, 2.75) is 18.9 Å². The molecular formula is C13H20N6. The third-order valence-electron chi connectivity index (χ3n) is 3.42. The fourth-order valence-corrected chi connectivity index (χ4v) is 2.18. The van der Waals surface area contributed by atoms with Crippen molar-refractivity contribution in [3.63, 3.8) is 0 Å². The highest BCUT2D eigenvalue weighted by molar-refractivity contribution is 5.48. The zero-order valence-electron chi connectivity index (χ0n) is 11.5. The van der Waals surface area contributed by atoms with E-state index in [1.165, 1.54) is 0 Å². The topological polar surface area (TPSA) is 68.1 Å². The summed E-state index contributed by atoms with van der Waals surface area (Å²) in [5.41, 5.74) is 0. The van der Waals surface area contributed by atoms with Crippen molar-refractivity contribution in [2.24, 2.45) is 0 Å².